The van der Waals surface area contributed by atoms with Gasteiger partial charge in [0.15, 0.2) is 5.69 Å². The first-order valence-corrected chi connectivity index (χ1v) is 11.7. The van der Waals surface area contributed by atoms with Gasteiger partial charge in [-0.3, -0.25) is 0 Å². The van der Waals surface area contributed by atoms with Crippen LogP contribution in [0.5, 0.6) is 5.75 Å². The molecule has 8 heteroatoms. The summed E-state index contributed by atoms with van der Waals surface area (Å²) in [5.74, 6) is 0.808. The molecule has 4 rings (SSSR count). The standard InChI is InChI=1S/C26H30FN5O2/c1-2-15-33-19-21-17-22(6-7-24(21)34-16-5-14-32-12-3-4-13-32)30-26-29-11-9-23(31-26)20-8-10-28-25(27)18-20/h2,6-11,17-18H,1,3-5,12-16,19H2,(H,29,30,31)/p+1. The third-order valence-corrected chi connectivity index (χ3v) is 5.61. The van der Waals surface area contributed by atoms with E-state index in [9.17, 15) is 4.39 Å². The lowest BCUT2D eigenvalue weighted by molar-refractivity contribution is -0.364. The summed E-state index contributed by atoms with van der Waals surface area (Å²) in [4.78, 5) is 13.7. The zero-order chi connectivity index (χ0) is 23.6. The summed E-state index contributed by atoms with van der Waals surface area (Å²) in [7, 11) is 0. The fourth-order valence-electron chi connectivity index (χ4n) is 3.95. The van der Waals surface area contributed by atoms with Gasteiger partial charge in [0.1, 0.15) is 5.75 Å². The molecule has 1 fully saturated rings. The number of rotatable bonds is 12. The lowest BCUT2D eigenvalue weighted by atomic mass is 10.2. The molecule has 3 aromatic rings. The number of nitrogens with zero attached hydrogens (tertiary/aromatic N) is 3. The minimum Gasteiger partial charge on any atom is -0.493 e. The summed E-state index contributed by atoms with van der Waals surface area (Å²) >= 11 is 0. The molecule has 0 spiro atoms. The van der Waals surface area contributed by atoms with Crippen LogP contribution in [0.2, 0.25) is 0 Å². The Balaban J connectivity index is 1.43. The minimum absolute atomic E-state index is 0.413. The molecule has 0 atom stereocenters. The van der Waals surface area contributed by atoms with Crippen molar-refractivity contribution in [3.05, 3.63) is 73.0 Å². The number of halogens is 1. The average molecular weight is 465 g/mol. The van der Waals surface area contributed by atoms with E-state index >= 15 is 0 Å². The second kappa shape index (κ2) is 12.2. The van der Waals surface area contributed by atoms with Crippen molar-refractivity contribution in [3.63, 3.8) is 0 Å². The van der Waals surface area contributed by atoms with Crippen molar-refractivity contribution in [2.45, 2.75) is 25.9 Å². The quantitative estimate of drug-likeness (QED) is 0.243. The van der Waals surface area contributed by atoms with Gasteiger partial charge in [-0.1, -0.05) is 11.1 Å². The predicted molar refractivity (Wildman–Crippen MR) is 129 cm³/mol. The van der Waals surface area contributed by atoms with Crippen molar-refractivity contribution < 1.29 is 18.8 Å². The van der Waals surface area contributed by atoms with Gasteiger partial charge in [-0.05, 0) is 56.6 Å². The highest BCUT2D eigenvalue weighted by Gasteiger charge is 2.14. The molecular weight excluding hydrogens is 433 g/mol. The molecule has 0 saturated carbocycles. The summed E-state index contributed by atoms with van der Waals surface area (Å²) in [6.07, 6.45) is 8.51. The van der Waals surface area contributed by atoms with Gasteiger partial charge in [0.25, 0.3) is 0 Å². The number of likely N-dealkylation sites (tertiary alicyclic amines) is 1. The monoisotopic (exact) mass is 464 g/mol. The Hall–Kier alpha value is -3.36. The van der Waals surface area contributed by atoms with E-state index in [0.29, 0.717) is 37.0 Å². The van der Waals surface area contributed by atoms with E-state index in [0.717, 1.165) is 30.0 Å². The van der Waals surface area contributed by atoms with E-state index in [1.807, 2.05) is 18.2 Å². The molecule has 7 nitrogen and oxygen atoms in total. The highest BCUT2D eigenvalue weighted by Crippen LogP contribution is 2.26. The van der Waals surface area contributed by atoms with E-state index in [-0.39, 0.29) is 0 Å². The van der Waals surface area contributed by atoms with Gasteiger partial charge in [0.05, 0.1) is 31.7 Å². The number of aromatic nitrogens is 3. The van der Waals surface area contributed by atoms with E-state index in [1.165, 1.54) is 38.2 Å². The highest BCUT2D eigenvalue weighted by atomic mass is 19.1. The first kappa shape index (κ1) is 23.8. The van der Waals surface area contributed by atoms with E-state index in [2.05, 4.69) is 31.7 Å². The van der Waals surface area contributed by atoms with Crippen LogP contribution >= 0.6 is 0 Å². The maximum atomic E-state index is 13.5. The van der Waals surface area contributed by atoms with Crippen molar-refractivity contribution >= 4 is 11.6 Å². The van der Waals surface area contributed by atoms with Crippen LogP contribution in [0.4, 0.5) is 16.0 Å². The molecule has 178 valence electrons. The second-order valence-electron chi connectivity index (χ2n) is 8.19. The molecule has 1 saturated heterocycles. The number of nitrogens with one attached hydrogen (secondary N) is 2. The molecule has 34 heavy (non-hydrogen) atoms. The lowest BCUT2D eigenvalue weighted by Crippen LogP contribution is -2.22. The fourth-order valence-corrected chi connectivity index (χ4v) is 3.95. The zero-order valence-corrected chi connectivity index (χ0v) is 19.3. The third kappa shape index (κ3) is 6.82. The van der Waals surface area contributed by atoms with E-state index in [1.54, 1.807) is 24.4 Å². The first-order valence-electron chi connectivity index (χ1n) is 11.7. The number of pyridine rings is 1. The molecule has 0 amide bonds. The van der Waals surface area contributed by atoms with Crippen LogP contribution in [0.25, 0.3) is 11.3 Å². The van der Waals surface area contributed by atoms with Crippen molar-refractivity contribution in [1.29, 1.82) is 0 Å². The molecule has 2 N–H and O–H groups in total. The van der Waals surface area contributed by atoms with Crippen LogP contribution in [0.1, 0.15) is 24.8 Å². The van der Waals surface area contributed by atoms with Gasteiger partial charge in [-0.2, -0.15) is 4.39 Å². The SMILES string of the molecule is C=CCOCc1cc(Nc2nc(-c3ccnc(F)c3)cc[nH+]2)ccc1OCCCN1CCCC1. The summed E-state index contributed by atoms with van der Waals surface area (Å²) in [5.41, 5.74) is 3.07. The van der Waals surface area contributed by atoms with E-state index < -0.39 is 5.95 Å². The summed E-state index contributed by atoms with van der Waals surface area (Å²) in [6.45, 7) is 8.72. The molecule has 0 unspecified atom stereocenters. The van der Waals surface area contributed by atoms with Crippen LogP contribution in [-0.2, 0) is 11.3 Å². The Morgan fingerprint density at radius 1 is 1.18 bits per heavy atom. The molecule has 0 aliphatic carbocycles. The second-order valence-corrected chi connectivity index (χ2v) is 8.19. The predicted octanol–water partition coefficient (Wildman–Crippen LogP) is 4.41. The number of aromatic amines is 1. The number of hydrogen-bond donors (Lipinski definition) is 1. The number of ether oxygens (including phenoxy) is 2. The molecule has 2 aromatic heterocycles. The van der Waals surface area contributed by atoms with Gasteiger partial charge >= 0.3 is 5.95 Å². The molecule has 1 aliphatic rings. The average Bonchev–Trinajstić information content (AvgIpc) is 3.37. The Bertz CT molecular complexity index is 1090. The molecule has 3 heterocycles. The number of anilines is 2. The Morgan fingerprint density at radius 2 is 2.06 bits per heavy atom. The van der Waals surface area contributed by atoms with Gasteiger partial charge in [-0.25, -0.2) is 15.3 Å². The highest BCUT2D eigenvalue weighted by molar-refractivity contribution is 5.61. The Labute approximate surface area is 199 Å². The summed E-state index contributed by atoms with van der Waals surface area (Å²) < 4.78 is 25.3. The molecule has 0 radical (unpaired) electrons. The third-order valence-electron chi connectivity index (χ3n) is 5.61. The smallest absolute Gasteiger partial charge is 0.394 e. The van der Waals surface area contributed by atoms with Crippen molar-refractivity contribution in [3.8, 4) is 17.0 Å². The van der Waals surface area contributed by atoms with Crippen molar-refractivity contribution in [2.75, 3.05) is 38.2 Å². The number of hydrogen-bond acceptors (Lipinski definition) is 6. The lowest BCUT2D eigenvalue weighted by Gasteiger charge is -2.16. The zero-order valence-electron chi connectivity index (χ0n) is 19.3. The topological polar surface area (TPSA) is 73.6 Å². The van der Waals surface area contributed by atoms with Crippen LogP contribution in [0.15, 0.2) is 61.4 Å². The minimum atomic E-state index is -0.540. The molecular formula is C26H31FN5O2+. The van der Waals surface area contributed by atoms with Crippen LogP contribution < -0.4 is 15.0 Å². The maximum Gasteiger partial charge on any atom is 0.394 e. The van der Waals surface area contributed by atoms with Crippen LogP contribution in [-0.4, -0.2) is 47.7 Å². The summed E-state index contributed by atoms with van der Waals surface area (Å²) in [5, 5.41) is 3.28. The Morgan fingerprint density at radius 3 is 2.88 bits per heavy atom. The molecule has 1 aromatic carbocycles. The summed E-state index contributed by atoms with van der Waals surface area (Å²) in [6, 6.07) is 10.8. The first-order chi connectivity index (χ1) is 16.7. The Kier molecular flexibility index (Phi) is 8.54. The van der Waals surface area contributed by atoms with Crippen molar-refractivity contribution in [2.24, 2.45) is 0 Å². The largest absolute Gasteiger partial charge is 0.493 e. The van der Waals surface area contributed by atoms with Crippen molar-refractivity contribution in [1.82, 2.24) is 14.9 Å². The van der Waals surface area contributed by atoms with Crippen LogP contribution in [0, 0.1) is 5.95 Å². The van der Waals surface area contributed by atoms with Gasteiger partial charge < -0.3 is 14.4 Å². The maximum absolute atomic E-state index is 13.5. The molecule has 0 bridgehead atoms. The van der Waals surface area contributed by atoms with Gasteiger partial charge in [-0.15, -0.1) is 6.58 Å². The fraction of sp³-hybridized carbons (Fsp3) is 0.346. The normalized spacial score (nSPS) is 13.7. The van der Waals surface area contributed by atoms with Crippen LogP contribution in [0.3, 0.4) is 0 Å². The molecule has 1 aliphatic heterocycles. The van der Waals surface area contributed by atoms with E-state index in [4.69, 9.17) is 9.47 Å². The number of H-pyrrole nitrogens is 1. The van der Waals surface area contributed by atoms with Gasteiger partial charge in [0, 0.05) is 36.0 Å². The van der Waals surface area contributed by atoms with Gasteiger partial charge in [0.2, 0.25) is 5.95 Å². The number of benzene rings is 1.